The molecule has 2 aromatic rings. The van der Waals surface area contributed by atoms with Crippen molar-refractivity contribution < 1.29 is 0 Å². The lowest BCUT2D eigenvalue weighted by molar-refractivity contribution is 0.619. The lowest BCUT2D eigenvalue weighted by atomic mass is 10.2. The largest absolute Gasteiger partial charge is 0.379 e. The van der Waals surface area contributed by atoms with Gasteiger partial charge in [-0.15, -0.1) is 0 Å². The van der Waals surface area contributed by atoms with E-state index in [1.54, 1.807) is 0 Å². The summed E-state index contributed by atoms with van der Waals surface area (Å²) >= 11 is 0. The van der Waals surface area contributed by atoms with Crippen molar-refractivity contribution in [2.75, 3.05) is 5.32 Å². The van der Waals surface area contributed by atoms with Crippen LogP contribution in [0, 0.1) is 6.92 Å². The lowest BCUT2D eigenvalue weighted by Gasteiger charge is -2.10. The van der Waals surface area contributed by atoms with Crippen molar-refractivity contribution in [1.82, 2.24) is 9.78 Å². The number of hydrogen-bond donors (Lipinski definition) is 1. The van der Waals surface area contributed by atoms with E-state index in [-0.39, 0.29) is 0 Å². The van der Waals surface area contributed by atoms with Crippen LogP contribution in [0.15, 0.2) is 30.3 Å². The lowest BCUT2D eigenvalue weighted by Crippen LogP contribution is -2.08. The van der Waals surface area contributed by atoms with Gasteiger partial charge in [0.05, 0.1) is 17.9 Å². The highest BCUT2D eigenvalue weighted by Gasteiger charge is 2.05. The summed E-state index contributed by atoms with van der Waals surface area (Å²) in [5.74, 6) is 0. The van der Waals surface area contributed by atoms with Crippen molar-refractivity contribution in [1.29, 1.82) is 0 Å². The molecule has 18 heavy (non-hydrogen) atoms. The van der Waals surface area contributed by atoms with E-state index in [2.05, 4.69) is 66.2 Å². The molecular formula is C15H21N3. The molecule has 0 radical (unpaired) electrons. The summed E-state index contributed by atoms with van der Waals surface area (Å²) in [5, 5.41) is 8.04. The molecule has 0 saturated carbocycles. The highest BCUT2D eigenvalue weighted by molar-refractivity contribution is 5.50. The summed E-state index contributed by atoms with van der Waals surface area (Å²) in [5.41, 5.74) is 4.88. The molecule has 0 spiro atoms. The van der Waals surface area contributed by atoms with Crippen LogP contribution in [0.2, 0.25) is 0 Å². The molecule has 1 heterocycles. The van der Waals surface area contributed by atoms with Crippen molar-refractivity contribution in [2.24, 2.45) is 0 Å². The van der Waals surface area contributed by atoms with Gasteiger partial charge in [0, 0.05) is 12.2 Å². The van der Waals surface area contributed by atoms with Gasteiger partial charge in [0.15, 0.2) is 0 Å². The number of aryl methyl sites for hydroxylation is 3. The van der Waals surface area contributed by atoms with Crippen LogP contribution >= 0.6 is 0 Å². The third-order valence-corrected chi connectivity index (χ3v) is 3.18. The first-order valence-corrected chi connectivity index (χ1v) is 6.59. The Balaban J connectivity index is 2.10. The molecule has 0 unspecified atom stereocenters. The molecule has 3 heteroatoms. The van der Waals surface area contributed by atoms with E-state index < -0.39 is 0 Å². The molecule has 0 aliphatic rings. The van der Waals surface area contributed by atoms with E-state index in [0.29, 0.717) is 0 Å². The third-order valence-electron chi connectivity index (χ3n) is 3.18. The van der Waals surface area contributed by atoms with Crippen molar-refractivity contribution in [2.45, 2.75) is 40.3 Å². The fourth-order valence-corrected chi connectivity index (χ4v) is 2.06. The Kier molecular flexibility index (Phi) is 4.03. The van der Waals surface area contributed by atoms with Gasteiger partial charge < -0.3 is 5.32 Å². The Morgan fingerprint density at radius 1 is 1.22 bits per heavy atom. The maximum absolute atomic E-state index is 4.56. The van der Waals surface area contributed by atoms with E-state index in [1.807, 2.05) is 0 Å². The summed E-state index contributed by atoms with van der Waals surface area (Å²) in [6.45, 7) is 8.14. The van der Waals surface area contributed by atoms with Crippen LogP contribution in [-0.2, 0) is 19.5 Å². The van der Waals surface area contributed by atoms with Crippen LogP contribution in [0.3, 0.4) is 0 Å². The van der Waals surface area contributed by atoms with Crippen LogP contribution in [0.1, 0.15) is 30.8 Å². The van der Waals surface area contributed by atoms with Crippen LogP contribution in [0.25, 0.3) is 0 Å². The number of rotatable bonds is 5. The highest BCUT2D eigenvalue weighted by atomic mass is 15.3. The second-order valence-electron chi connectivity index (χ2n) is 4.46. The molecule has 2 rings (SSSR count). The number of para-hydroxylation sites is 1. The van der Waals surface area contributed by atoms with Gasteiger partial charge in [-0.05, 0) is 38.0 Å². The normalized spacial score (nSPS) is 10.6. The SMILES string of the molecule is CCc1cc(CNc2ccccc2C)n(CC)n1. The van der Waals surface area contributed by atoms with E-state index in [4.69, 9.17) is 0 Å². The second kappa shape index (κ2) is 5.71. The monoisotopic (exact) mass is 243 g/mol. The van der Waals surface area contributed by atoms with Gasteiger partial charge in [-0.1, -0.05) is 25.1 Å². The topological polar surface area (TPSA) is 29.9 Å². The summed E-state index contributed by atoms with van der Waals surface area (Å²) < 4.78 is 2.07. The maximum Gasteiger partial charge on any atom is 0.0625 e. The maximum atomic E-state index is 4.56. The van der Waals surface area contributed by atoms with Gasteiger partial charge >= 0.3 is 0 Å². The minimum Gasteiger partial charge on any atom is -0.379 e. The molecule has 0 fully saturated rings. The predicted octanol–water partition coefficient (Wildman–Crippen LogP) is 3.39. The number of hydrogen-bond acceptors (Lipinski definition) is 2. The van der Waals surface area contributed by atoms with Gasteiger partial charge in [0.1, 0.15) is 0 Å². The summed E-state index contributed by atoms with van der Waals surface area (Å²) in [7, 11) is 0. The molecule has 0 aliphatic heterocycles. The average Bonchev–Trinajstić information content (AvgIpc) is 2.80. The molecule has 1 N–H and O–H groups in total. The van der Waals surface area contributed by atoms with Crippen LogP contribution < -0.4 is 5.32 Å². The minimum atomic E-state index is 0.825. The van der Waals surface area contributed by atoms with Gasteiger partial charge in [0.2, 0.25) is 0 Å². The highest BCUT2D eigenvalue weighted by Crippen LogP contribution is 2.15. The Morgan fingerprint density at radius 3 is 2.67 bits per heavy atom. The third kappa shape index (κ3) is 2.73. The Morgan fingerprint density at radius 2 is 2.00 bits per heavy atom. The standard InChI is InChI=1S/C15H21N3/c1-4-13-10-14(18(5-2)17-13)11-16-15-9-7-6-8-12(15)3/h6-10,16H,4-5,11H2,1-3H3. The van der Waals surface area contributed by atoms with Gasteiger partial charge in [-0.3, -0.25) is 4.68 Å². The second-order valence-corrected chi connectivity index (χ2v) is 4.46. The number of benzene rings is 1. The van der Waals surface area contributed by atoms with Gasteiger partial charge in [-0.2, -0.15) is 5.10 Å². The predicted molar refractivity (Wildman–Crippen MR) is 75.8 cm³/mol. The van der Waals surface area contributed by atoms with Gasteiger partial charge in [0.25, 0.3) is 0 Å². The molecule has 0 bridgehead atoms. The zero-order chi connectivity index (χ0) is 13.0. The van der Waals surface area contributed by atoms with E-state index in [1.165, 1.54) is 22.6 Å². The summed E-state index contributed by atoms with van der Waals surface area (Å²) in [6, 6.07) is 10.5. The average molecular weight is 243 g/mol. The van der Waals surface area contributed by atoms with Crippen molar-refractivity contribution >= 4 is 5.69 Å². The summed E-state index contributed by atoms with van der Waals surface area (Å²) in [4.78, 5) is 0. The number of nitrogens with one attached hydrogen (secondary N) is 1. The fourth-order valence-electron chi connectivity index (χ4n) is 2.06. The van der Waals surface area contributed by atoms with Crippen LogP contribution in [0.5, 0.6) is 0 Å². The van der Waals surface area contributed by atoms with E-state index >= 15 is 0 Å². The number of anilines is 1. The minimum absolute atomic E-state index is 0.825. The molecule has 0 amide bonds. The molecule has 1 aromatic heterocycles. The van der Waals surface area contributed by atoms with Crippen LogP contribution in [0.4, 0.5) is 5.69 Å². The smallest absolute Gasteiger partial charge is 0.0625 e. The summed E-state index contributed by atoms with van der Waals surface area (Å²) in [6.07, 6.45) is 0.990. The first-order chi connectivity index (χ1) is 8.74. The first kappa shape index (κ1) is 12.7. The van der Waals surface area contributed by atoms with E-state index in [9.17, 15) is 0 Å². The van der Waals surface area contributed by atoms with Crippen molar-refractivity contribution in [3.63, 3.8) is 0 Å². The molecular weight excluding hydrogens is 222 g/mol. The quantitative estimate of drug-likeness (QED) is 0.872. The molecule has 0 aliphatic carbocycles. The Hall–Kier alpha value is -1.77. The fraction of sp³-hybridized carbons (Fsp3) is 0.400. The van der Waals surface area contributed by atoms with E-state index in [0.717, 1.165) is 19.5 Å². The van der Waals surface area contributed by atoms with Gasteiger partial charge in [-0.25, -0.2) is 0 Å². The number of nitrogens with zero attached hydrogens (tertiary/aromatic N) is 2. The molecule has 96 valence electrons. The first-order valence-electron chi connectivity index (χ1n) is 6.59. The zero-order valence-corrected chi connectivity index (χ0v) is 11.4. The molecule has 3 nitrogen and oxygen atoms in total. The molecule has 0 atom stereocenters. The zero-order valence-electron chi connectivity index (χ0n) is 11.4. The number of aromatic nitrogens is 2. The Bertz CT molecular complexity index is 514. The van der Waals surface area contributed by atoms with Crippen LogP contribution in [-0.4, -0.2) is 9.78 Å². The van der Waals surface area contributed by atoms with Crippen molar-refractivity contribution in [3.8, 4) is 0 Å². The Labute approximate surface area is 109 Å². The molecule has 1 aromatic carbocycles. The molecule has 0 saturated heterocycles. The van der Waals surface area contributed by atoms with Crippen molar-refractivity contribution in [3.05, 3.63) is 47.3 Å².